The Morgan fingerprint density at radius 2 is 1.61 bits per heavy atom. The first-order valence-corrected chi connectivity index (χ1v) is 7.02. The molecule has 0 aromatic carbocycles. The van der Waals surface area contributed by atoms with E-state index in [2.05, 4.69) is 15.7 Å². The number of aromatic nitrogens is 2. The van der Waals surface area contributed by atoms with Gasteiger partial charge in [0.25, 0.3) is 0 Å². The van der Waals surface area contributed by atoms with Gasteiger partial charge < -0.3 is 5.11 Å². The number of H-pyrrole nitrogens is 1. The highest BCUT2D eigenvalue weighted by molar-refractivity contribution is 5.66. The van der Waals surface area contributed by atoms with Crippen molar-refractivity contribution in [2.24, 2.45) is 0 Å². The number of hydrogen-bond donors (Lipinski definition) is 2. The van der Waals surface area contributed by atoms with Gasteiger partial charge in [0.1, 0.15) is 12.4 Å². The van der Waals surface area contributed by atoms with Crippen LogP contribution in [0.4, 0.5) is 0 Å². The van der Waals surface area contributed by atoms with Crippen LogP contribution in [0.3, 0.4) is 0 Å². The molecule has 0 fully saturated rings. The highest BCUT2D eigenvalue weighted by Gasteiger charge is 1.98. The number of carboxylic acid groups (broad SMARTS) is 1. The number of carbonyl (C=O) groups is 1. The third kappa shape index (κ3) is 7.87. The maximum absolute atomic E-state index is 10.3. The Bertz CT molecular complexity index is 310. The summed E-state index contributed by atoms with van der Waals surface area (Å²) >= 11 is 0. The van der Waals surface area contributed by atoms with E-state index in [4.69, 9.17) is 5.11 Å². The maximum Gasteiger partial charge on any atom is 0.303 e. The number of aliphatic carboxylic acids is 1. The average Bonchev–Trinajstić information content (AvgIpc) is 2.84. The number of nitrogens with zero attached hydrogens (tertiary/aromatic N) is 1. The Balaban J connectivity index is 1.77. The molecule has 0 aliphatic rings. The summed E-state index contributed by atoms with van der Waals surface area (Å²) in [6.07, 6.45) is 15.7. The van der Waals surface area contributed by atoms with Crippen LogP contribution in [0.25, 0.3) is 0 Å². The van der Waals surface area contributed by atoms with Crippen LogP contribution in [0.15, 0.2) is 18.7 Å². The lowest BCUT2D eigenvalue weighted by molar-refractivity contribution is -0.696. The third-order valence-corrected chi connectivity index (χ3v) is 3.16. The summed E-state index contributed by atoms with van der Waals surface area (Å²) in [5.41, 5.74) is 0. The molecule has 0 radical (unpaired) electrons. The van der Waals surface area contributed by atoms with Crippen molar-refractivity contribution < 1.29 is 14.5 Å². The van der Waals surface area contributed by atoms with Crippen LogP contribution in [-0.4, -0.2) is 16.1 Å². The quantitative estimate of drug-likeness (QED) is 0.470. The van der Waals surface area contributed by atoms with Crippen LogP contribution in [0.1, 0.15) is 57.8 Å². The van der Waals surface area contributed by atoms with E-state index in [1.807, 2.05) is 12.5 Å². The van der Waals surface area contributed by atoms with Gasteiger partial charge in [-0.3, -0.25) is 9.78 Å². The Morgan fingerprint density at radius 1 is 1.00 bits per heavy atom. The van der Waals surface area contributed by atoms with Crippen molar-refractivity contribution in [2.45, 2.75) is 64.3 Å². The van der Waals surface area contributed by atoms with E-state index in [9.17, 15) is 4.79 Å². The zero-order valence-electron chi connectivity index (χ0n) is 11.1. The molecular weight excluding hydrogens is 228 g/mol. The number of aryl methyl sites for hydroxylation is 1. The highest BCUT2D eigenvalue weighted by atomic mass is 16.4. The molecule has 102 valence electrons. The van der Waals surface area contributed by atoms with Crippen LogP contribution in [0.5, 0.6) is 0 Å². The van der Waals surface area contributed by atoms with Gasteiger partial charge in [-0.15, -0.1) is 0 Å². The molecule has 4 nitrogen and oxygen atoms in total. The molecular formula is C14H25N2O2+. The lowest BCUT2D eigenvalue weighted by atomic mass is 10.1. The van der Waals surface area contributed by atoms with Crippen molar-refractivity contribution in [3.8, 4) is 0 Å². The molecule has 1 aromatic heterocycles. The SMILES string of the molecule is O=C(O)CCCCCCCCCC[n+]1cc[nH]c1. The smallest absolute Gasteiger partial charge is 0.303 e. The minimum atomic E-state index is -0.669. The van der Waals surface area contributed by atoms with Crippen LogP contribution in [0.2, 0.25) is 0 Å². The van der Waals surface area contributed by atoms with Gasteiger partial charge in [0.15, 0.2) is 0 Å². The number of rotatable bonds is 11. The van der Waals surface area contributed by atoms with Gasteiger partial charge in [0.2, 0.25) is 6.33 Å². The zero-order valence-corrected chi connectivity index (χ0v) is 11.1. The summed E-state index contributed by atoms with van der Waals surface area (Å²) in [6.45, 7) is 1.10. The molecule has 0 unspecified atom stereocenters. The zero-order chi connectivity index (χ0) is 13.1. The van der Waals surface area contributed by atoms with Crippen molar-refractivity contribution in [1.82, 2.24) is 4.98 Å². The van der Waals surface area contributed by atoms with Gasteiger partial charge in [-0.25, -0.2) is 4.57 Å². The van der Waals surface area contributed by atoms with Gasteiger partial charge in [0.05, 0.1) is 6.54 Å². The van der Waals surface area contributed by atoms with Crippen LogP contribution in [-0.2, 0) is 11.3 Å². The molecule has 18 heavy (non-hydrogen) atoms. The Hall–Kier alpha value is -1.32. The summed E-state index contributed by atoms with van der Waals surface area (Å²) in [5, 5.41) is 8.49. The molecule has 0 atom stereocenters. The first-order valence-electron chi connectivity index (χ1n) is 7.02. The molecule has 0 spiro atoms. The number of imidazole rings is 1. The Labute approximate surface area is 109 Å². The van der Waals surface area contributed by atoms with Crippen molar-refractivity contribution in [3.63, 3.8) is 0 Å². The predicted octanol–water partition coefficient (Wildman–Crippen LogP) is 2.90. The molecule has 4 heteroatoms. The lowest BCUT2D eigenvalue weighted by Crippen LogP contribution is -2.30. The second-order valence-electron chi connectivity index (χ2n) is 4.82. The Morgan fingerprint density at radius 3 is 2.17 bits per heavy atom. The third-order valence-electron chi connectivity index (χ3n) is 3.16. The van der Waals surface area contributed by atoms with E-state index >= 15 is 0 Å². The van der Waals surface area contributed by atoms with Crippen molar-refractivity contribution in [3.05, 3.63) is 18.7 Å². The van der Waals surface area contributed by atoms with Gasteiger partial charge >= 0.3 is 5.97 Å². The number of carboxylic acids is 1. The topological polar surface area (TPSA) is 57.0 Å². The molecule has 1 heterocycles. The largest absolute Gasteiger partial charge is 0.481 e. The van der Waals surface area contributed by atoms with Crippen LogP contribution in [0, 0.1) is 0 Å². The van der Waals surface area contributed by atoms with E-state index in [1.165, 1.54) is 38.5 Å². The molecule has 0 bridgehead atoms. The standard InChI is InChI=1S/C14H24N2O2/c17-14(18)9-7-5-3-1-2-4-6-8-11-16-12-10-15-13-16/h10,12-13H,1-9,11H2,(H,17,18)/p+1. The minimum absolute atomic E-state index is 0.327. The molecule has 0 saturated carbocycles. The fourth-order valence-electron chi connectivity index (χ4n) is 2.09. The van der Waals surface area contributed by atoms with Gasteiger partial charge in [-0.1, -0.05) is 32.1 Å². The van der Waals surface area contributed by atoms with Crippen LogP contribution < -0.4 is 4.57 Å². The normalized spacial score (nSPS) is 10.7. The van der Waals surface area contributed by atoms with Crippen LogP contribution >= 0.6 is 0 Å². The van der Waals surface area contributed by atoms with Crippen molar-refractivity contribution in [2.75, 3.05) is 0 Å². The van der Waals surface area contributed by atoms with Gasteiger partial charge in [-0.2, -0.15) is 0 Å². The molecule has 0 aliphatic heterocycles. The fraction of sp³-hybridized carbons (Fsp3) is 0.714. The summed E-state index contributed by atoms with van der Waals surface area (Å²) < 4.78 is 2.17. The number of aromatic amines is 1. The van der Waals surface area contributed by atoms with E-state index in [0.717, 1.165) is 19.4 Å². The molecule has 1 rings (SSSR count). The second-order valence-corrected chi connectivity index (χ2v) is 4.82. The monoisotopic (exact) mass is 253 g/mol. The first kappa shape index (κ1) is 14.7. The maximum atomic E-state index is 10.3. The van der Waals surface area contributed by atoms with E-state index in [1.54, 1.807) is 0 Å². The second kappa shape index (κ2) is 9.68. The minimum Gasteiger partial charge on any atom is -0.481 e. The van der Waals surface area contributed by atoms with E-state index in [-0.39, 0.29) is 0 Å². The number of unbranched alkanes of at least 4 members (excludes halogenated alkanes) is 7. The van der Waals surface area contributed by atoms with Gasteiger partial charge in [-0.05, 0) is 19.3 Å². The Kier molecular flexibility index (Phi) is 7.93. The predicted molar refractivity (Wildman–Crippen MR) is 70.2 cm³/mol. The van der Waals surface area contributed by atoms with Gasteiger partial charge in [0, 0.05) is 6.42 Å². The highest BCUT2D eigenvalue weighted by Crippen LogP contribution is 2.09. The van der Waals surface area contributed by atoms with E-state index < -0.39 is 5.97 Å². The summed E-state index contributed by atoms with van der Waals surface area (Å²) in [7, 11) is 0. The average molecular weight is 253 g/mol. The fourth-order valence-corrected chi connectivity index (χ4v) is 2.09. The summed E-state index contributed by atoms with van der Waals surface area (Å²) in [6, 6.07) is 0. The van der Waals surface area contributed by atoms with Crippen molar-refractivity contribution in [1.29, 1.82) is 0 Å². The van der Waals surface area contributed by atoms with Crippen molar-refractivity contribution >= 4 is 5.97 Å². The molecule has 1 aromatic rings. The molecule has 0 amide bonds. The van der Waals surface area contributed by atoms with E-state index in [0.29, 0.717) is 6.42 Å². The number of hydrogen-bond acceptors (Lipinski definition) is 1. The molecule has 2 N–H and O–H groups in total. The molecule has 0 aliphatic carbocycles. The first-order chi connectivity index (χ1) is 8.79. The lowest BCUT2D eigenvalue weighted by Gasteiger charge is -2.01. The number of nitrogens with one attached hydrogen (secondary N) is 1. The molecule has 0 saturated heterocycles. The summed E-state index contributed by atoms with van der Waals surface area (Å²) in [4.78, 5) is 13.3. The summed E-state index contributed by atoms with van der Waals surface area (Å²) in [5.74, 6) is -0.669.